The van der Waals surface area contributed by atoms with Gasteiger partial charge in [-0.25, -0.2) is 0 Å². The number of carbonyl (C=O) groups is 4. The first-order valence-electron chi connectivity index (χ1n) is 10.8. The van der Waals surface area contributed by atoms with Crippen LogP contribution in [0.3, 0.4) is 0 Å². The van der Waals surface area contributed by atoms with Gasteiger partial charge in [-0.05, 0) is 18.2 Å². The van der Waals surface area contributed by atoms with E-state index in [2.05, 4.69) is 7.05 Å². The molecule has 32 heavy (non-hydrogen) atoms. The second kappa shape index (κ2) is 9.68. The van der Waals surface area contributed by atoms with Crippen LogP contribution in [0.2, 0.25) is 0 Å². The molecule has 2 bridgehead atoms. The van der Waals surface area contributed by atoms with E-state index < -0.39 is 23.9 Å². The Balaban J connectivity index is 1.70. The van der Waals surface area contributed by atoms with Gasteiger partial charge in [0.15, 0.2) is 11.5 Å². The number of carboxylic acid groups (broad SMARTS) is 1. The van der Waals surface area contributed by atoms with E-state index in [4.69, 9.17) is 19.3 Å². The summed E-state index contributed by atoms with van der Waals surface area (Å²) in [6, 6.07) is 5.85. The fraction of sp³-hybridized carbons (Fsp3) is 0.565. The van der Waals surface area contributed by atoms with E-state index in [1.54, 1.807) is 12.1 Å². The number of nitrogens with zero attached hydrogens (tertiary/aromatic N) is 1. The molecule has 9 heteroatoms. The van der Waals surface area contributed by atoms with Crippen molar-refractivity contribution in [1.29, 1.82) is 0 Å². The Bertz CT molecular complexity index is 897. The van der Waals surface area contributed by atoms with E-state index in [-0.39, 0.29) is 30.4 Å². The molecule has 0 radical (unpaired) electrons. The largest absolute Gasteiger partial charge is 0.481 e. The fourth-order valence-electron chi connectivity index (χ4n) is 5.02. The van der Waals surface area contributed by atoms with Crippen molar-refractivity contribution in [3.05, 3.63) is 23.8 Å². The van der Waals surface area contributed by atoms with Crippen LogP contribution < -0.4 is 9.47 Å². The van der Waals surface area contributed by atoms with Crippen LogP contribution in [0.4, 0.5) is 0 Å². The van der Waals surface area contributed by atoms with E-state index in [1.165, 1.54) is 13.8 Å². The number of piperidine rings is 1. The molecule has 0 aromatic heterocycles. The first kappa shape index (κ1) is 23.7. The van der Waals surface area contributed by atoms with Crippen molar-refractivity contribution in [2.75, 3.05) is 7.05 Å². The lowest BCUT2D eigenvalue weighted by Crippen LogP contribution is -2.58. The molecule has 2 fully saturated rings. The van der Waals surface area contributed by atoms with Crippen LogP contribution in [0.15, 0.2) is 18.2 Å². The Labute approximate surface area is 186 Å². The summed E-state index contributed by atoms with van der Waals surface area (Å²) in [6.07, 6.45) is 2.98. The zero-order valence-electron chi connectivity index (χ0n) is 18.7. The van der Waals surface area contributed by atoms with Gasteiger partial charge in [-0.15, -0.1) is 0 Å². The van der Waals surface area contributed by atoms with Gasteiger partial charge in [0.25, 0.3) is 0 Å². The second-order valence-corrected chi connectivity index (χ2v) is 8.84. The average molecular weight is 448 g/mol. The molecule has 0 spiro atoms. The molecule has 2 heterocycles. The van der Waals surface area contributed by atoms with Crippen LogP contribution in [0, 0.1) is 0 Å². The van der Waals surface area contributed by atoms with E-state index in [0.29, 0.717) is 18.6 Å². The number of rotatable bonds is 8. The quantitative estimate of drug-likeness (QED) is 0.366. The van der Waals surface area contributed by atoms with Crippen molar-refractivity contribution in [3.63, 3.8) is 0 Å². The highest BCUT2D eigenvalue weighted by Crippen LogP contribution is 2.44. The Morgan fingerprint density at radius 3 is 2.12 bits per heavy atom. The first-order chi connectivity index (χ1) is 15.1. The van der Waals surface area contributed by atoms with Crippen molar-refractivity contribution in [2.45, 2.75) is 77.1 Å². The number of esters is 3. The molecule has 174 valence electrons. The summed E-state index contributed by atoms with van der Waals surface area (Å²) in [4.78, 5) is 45.5. The molecule has 2 aliphatic heterocycles. The van der Waals surface area contributed by atoms with Crippen LogP contribution in [-0.4, -0.2) is 58.7 Å². The molecule has 3 rings (SSSR count). The summed E-state index contributed by atoms with van der Waals surface area (Å²) in [5.74, 6) is -2.05. The first-order valence-corrected chi connectivity index (χ1v) is 10.8. The third kappa shape index (κ3) is 5.64. The summed E-state index contributed by atoms with van der Waals surface area (Å²) < 4.78 is 16.8. The summed E-state index contributed by atoms with van der Waals surface area (Å²) >= 11 is 0. The zero-order chi connectivity index (χ0) is 23.5. The average Bonchev–Trinajstić information content (AvgIpc) is 2.85. The van der Waals surface area contributed by atoms with Gasteiger partial charge in [0.05, 0.1) is 32.0 Å². The smallest absolute Gasteiger partial charge is 0.308 e. The number of carboxylic acids is 1. The van der Waals surface area contributed by atoms with Crippen LogP contribution >= 0.6 is 0 Å². The van der Waals surface area contributed by atoms with Crippen LogP contribution in [0.25, 0.3) is 0 Å². The summed E-state index contributed by atoms with van der Waals surface area (Å²) in [5.41, 5.74) is 0.952. The predicted molar refractivity (Wildman–Crippen MR) is 112 cm³/mol. The lowest BCUT2D eigenvalue weighted by Gasteiger charge is -2.47. The standard InChI is InChI=1S/C23H29NO8/c1-14(25)30-20-7-4-16(10-21(20)31-15(2)26)13-24(3)17-5-6-18(24)12-19(11-17)32-23(29)9-8-22(27)28/h4,7,10,17-19H,5-6,8-9,11-13H2,1-3H3/p+1. The fourth-order valence-corrected chi connectivity index (χ4v) is 5.02. The zero-order valence-corrected chi connectivity index (χ0v) is 18.7. The van der Waals surface area contributed by atoms with E-state index in [0.717, 1.165) is 35.7 Å². The lowest BCUT2D eigenvalue weighted by atomic mass is 9.95. The van der Waals surface area contributed by atoms with Crippen LogP contribution in [0.1, 0.15) is 57.9 Å². The minimum absolute atomic E-state index is 0.110. The van der Waals surface area contributed by atoms with Gasteiger partial charge in [0.1, 0.15) is 12.6 Å². The number of quaternary nitrogens is 1. The van der Waals surface area contributed by atoms with Crippen molar-refractivity contribution >= 4 is 23.9 Å². The molecule has 1 N–H and O–H groups in total. The molecule has 0 saturated carbocycles. The molecule has 1 aromatic carbocycles. The second-order valence-electron chi connectivity index (χ2n) is 8.84. The van der Waals surface area contributed by atoms with Crippen molar-refractivity contribution in [1.82, 2.24) is 0 Å². The number of carbonyl (C=O) groups excluding carboxylic acids is 3. The summed E-state index contributed by atoms with van der Waals surface area (Å²) in [6.45, 7) is 3.28. The van der Waals surface area contributed by atoms with Crippen molar-refractivity contribution in [2.24, 2.45) is 0 Å². The Morgan fingerprint density at radius 2 is 1.56 bits per heavy atom. The van der Waals surface area contributed by atoms with Gasteiger partial charge < -0.3 is 23.8 Å². The molecule has 2 unspecified atom stereocenters. The van der Waals surface area contributed by atoms with E-state index in [9.17, 15) is 19.2 Å². The predicted octanol–water partition coefficient (Wildman–Crippen LogP) is 2.59. The Hall–Kier alpha value is -2.94. The highest BCUT2D eigenvalue weighted by atomic mass is 16.6. The summed E-state index contributed by atoms with van der Waals surface area (Å²) in [5, 5.41) is 8.74. The molecule has 0 aliphatic carbocycles. The molecule has 2 atom stereocenters. The van der Waals surface area contributed by atoms with Gasteiger partial charge in [-0.3, -0.25) is 19.2 Å². The molecular formula is C23H30NO8+. The maximum Gasteiger partial charge on any atom is 0.308 e. The number of hydrogen-bond donors (Lipinski definition) is 1. The number of benzene rings is 1. The van der Waals surface area contributed by atoms with Crippen LogP contribution in [-0.2, 0) is 30.5 Å². The molecule has 1 aromatic rings. The number of ether oxygens (including phenoxy) is 3. The minimum atomic E-state index is -1.01. The summed E-state index contributed by atoms with van der Waals surface area (Å²) in [7, 11) is 2.19. The Kier molecular flexibility index (Phi) is 7.18. The molecule has 2 saturated heterocycles. The van der Waals surface area contributed by atoms with Gasteiger partial charge in [-0.1, -0.05) is 0 Å². The monoisotopic (exact) mass is 448 g/mol. The topological polar surface area (TPSA) is 116 Å². The molecule has 0 amide bonds. The van der Waals surface area contributed by atoms with Gasteiger partial charge >= 0.3 is 23.9 Å². The molecule has 9 nitrogen and oxygen atoms in total. The highest BCUT2D eigenvalue weighted by Gasteiger charge is 2.52. The van der Waals surface area contributed by atoms with Gasteiger partial charge in [0, 0.05) is 45.1 Å². The normalized spacial score (nSPS) is 26.3. The van der Waals surface area contributed by atoms with Gasteiger partial charge in [0.2, 0.25) is 0 Å². The highest BCUT2D eigenvalue weighted by molar-refractivity contribution is 5.76. The van der Waals surface area contributed by atoms with Gasteiger partial charge in [-0.2, -0.15) is 0 Å². The number of aliphatic carboxylic acids is 1. The third-order valence-corrected chi connectivity index (χ3v) is 6.45. The van der Waals surface area contributed by atoms with E-state index >= 15 is 0 Å². The number of hydrogen-bond acceptors (Lipinski definition) is 7. The van der Waals surface area contributed by atoms with Crippen molar-refractivity contribution < 1.29 is 43.0 Å². The van der Waals surface area contributed by atoms with E-state index in [1.807, 2.05) is 6.07 Å². The SMILES string of the molecule is CC(=O)Oc1ccc(C[N+]2(C)C3CCC2CC(OC(=O)CCC(=O)O)C3)cc1OC(C)=O. The maximum atomic E-state index is 12.0. The molecule has 2 aliphatic rings. The lowest BCUT2D eigenvalue weighted by molar-refractivity contribution is -0.961. The number of fused-ring (bicyclic) bond motifs is 2. The Morgan fingerprint density at radius 1 is 0.969 bits per heavy atom. The maximum absolute atomic E-state index is 12.0. The molecular weight excluding hydrogens is 418 g/mol. The third-order valence-electron chi connectivity index (χ3n) is 6.45. The van der Waals surface area contributed by atoms with Crippen LogP contribution in [0.5, 0.6) is 11.5 Å². The minimum Gasteiger partial charge on any atom is -0.481 e. The van der Waals surface area contributed by atoms with Crippen molar-refractivity contribution in [3.8, 4) is 11.5 Å².